The maximum Gasteiger partial charge on any atom is 0.408 e. The fraction of sp³-hybridized carbons (Fsp3) is 0.562. The molecule has 1 amide bonds. The molecule has 0 spiro atoms. The summed E-state index contributed by atoms with van der Waals surface area (Å²) in [6.07, 6.45) is 0.323. The summed E-state index contributed by atoms with van der Waals surface area (Å²) in [5, 5.41) is 4.91. The van der Waals surface area contributed by atoms with Gasteiger partial charge >= 0.3 is 6.18 Å². The zero-order chi connectivity index (χ0) is 18.2. The predicted molar refractivity (Wildman–Crippen MR) is 87.7 cm³/mol. The summed E-state index contributed by atoms with van der Waals surface area (Å²) in [7, 11) is 0. The summed E-state index contributed by atoms with van der Waals surface area (Å²) in [6, 6.07) is 0. The van der Waals surface area contributed by atoms with Gasteiger partial charge in [-0.05, 0) is 26.7 Å². The molecule has 136 valence electrons. The quantitative estimate of drug-likeness (QED) is 0.828. The van der Waals surface area contributed by atoms with E-state index >= 15 is 0 Å². The number of carbonyl (C=O) groups excluding carboxylic acids is 1. The van der Waals surface area contributed by atoms with Crippen molar-refractivity contribution in [2.24, 2.45) is 0 Å². The van der Waals surface area contributed by atoms with Gasteiger partial charge in [0.1, 0.15) is 6.54 Å². The molecule has 0 saturated carbocycles. The van der Waals surface area contributed by atoms with Crippen LogP contribution >= 0.6 is 11.3 Å². The number of carbonyl (C=O) groups is 1. The van der Waals surface area contributed by atoms with Crippen molar-refractivity contribution < 1.29 is 18.0 Å². The molecule has 0 bridgehead atoms. The van der Waals surface area contributed by atoms with Gasteiger partial charge in [-0.1, -0.05) is 0 Å². The normalized spacial score (nSPS) is 16.4. The maximum absolute atomic E-state index is 12.6. The zero-order valence-corrected chi connectivity index (χ0v) is 14.8. The molecule has 0 atom stereocenters. The zero-order valence-electron chi connectivity index (χ0n) is 14.0. The van der Waals surface area contributed by atoms with Gasteiger partial charge in [0.25, 0.3) is 5.91 Å². The first-order valence-electron chi connectivity index (χ1n) is 8.05. The molecule has 1 aliphatic rings. The number of likely N-dealkylation sites (tertiary alicyclic amines) is 1. The molecule has 0 radical (unpaired) electrons. The van der Waals surface area contributed by atoms with Crippen molar-refractivity contribution in [1.82, 2.24) is 19.7 Å². The Morgan fingerprint density at radius 3 is 2.56 bits per heavy atom. The lowest BCUT2D eigenvalue weighted by molar-refractivity contribution is -0.142. The average Bonchev–Trinajstić information content (AvgIpc) is 3.11. The van der Waals surface area contributed by atoms with Gasteiger partial charge in [0.2, 0.25) is 0 Å². The van der Waals surface area contributed by atoms with E-state index in [0.29, 0.717) is 24.7 Å². The third-order valence-electron chi connectivity index (χ3n) is 4.29. The van der Waals surface area contributed by atoms with E-state index in [-0.39, 0.29) is 11.5 Å². The van der Waals surface area contributed by atoms with E-state index in [4.69, 9.17) is 0 Å². The summed E-state index contributed by atoms with van der Waals surface area (Å²) in [6.45, 7) is 3.54. The molecule has 1 saturated heterocycles. The topological polar surface area (TPSA) is 51.0 Å². The van der Waals surface area contributed by atoms with Gasteiger partial charge in [0.15, 0.2) is 0 Å². The van der Waals surface area contributed by atoms with Crippen molar-refractivity contribution in [2.45, 2.75) is 45.3 Å². The van der Waals surface area contributed by atoms with Crippen molar-refractivity contribution in [3.05, 3.63) is 33.5 Å². The highest BCUT2D eigenvalue weighted by Gasteiger charge is 2.31. The highest BCUT2D eigenvalue weighted by molar-refractivity contribution is 7.11. The average molecular weight is 372 g/mol. The van der Waals surface area contributed by atoms with Crippen LogP contribution in [0.3, 0.4) is 0 Å². The highest BCUT2D eigenvalue weighted by Crippen LogP contribution is 2.31. The molecule has 5 nitrogen and oxygen atoms in total. The Balaban J connectivity index is 1.64. The molecule has 3 rings (SSSR count). The van der Waals surface area contributed by atoms with Crippen LogP contribution in [-0.2, 0) is 6.54 Å². The van der Waals surface area contributed by atoms with Gasteiger partial charge < -0.3 is 4.90 Å². The minimum Gasteiger partial charge on any atom is -0.338 e. The molecule has 2 aromatic rings. The summed E-state index contributed by atoms with van der Waals surface area (Å²) in [4.78, 5) is 19.9. The number of hydrogen-bond acceptors (Lipinski definition) is 4. The second kappa shape index (κ2) is 6.78. The van der Waals surface area contributed by atoms with E-state index in [9.17, 15) is 18.0 Å². The summed E-state index contributed by atoms with van der Waals surface area (Å²) >= 11 is 1.68. The molecule has 0 N–H and O–H groups in total. The summed E-state index contributed by atoms with van der Waals surface area (Å²) in [5.74, 6) is 0.0940. The largest absolute Gasteiger partial charge is 0.408 e. The molecule has 9 heteroatoms. The van der Waals surface area contributed by atoms with E-state index in [2.05, 4.69) is 10.1 Å². The Hall–Kier alpha value is -1.90. The fourth-order valence-electron chi connectivity index (χ4n) is 3.05. The highest BCUT2D eigenvalue weighted by atomic mass is 32.1. The lowest BCUT2D eigenvalue weighted by Crippen LogP contribution is -2.38. The number of nitrogens with zero attached hydrogens (tertiary/aromatic N) is 4. The number of halogens is 3. The van der Waals surface area contributed by atoms with E-state index < -0.39 is 12.7 Å². The second-order valence-electron chi connectivity index (χ2n) is 6.32. The Labute approximate surface area is 147 Å². The van der Waals surface area contributed by atoms with Crippen molar-refractivity contribution in [1.29, 1.82) is 0 Å². The van der Waals surface area contributed by atoms with Crippen LogP contribution in [0.15, 0.2) is 12.4 Å². The van der Waals surface area contributed by atoms with Crippen LogP contribution in [0.4, 0.5) is 13.2 Å². The maximum atomic E-state index is 12.6. The first kappa shape index (κ1) is 17.9. The van der Waals surface area contributed by atoms with Crippen LogP contribution in [0.5, 0.6) is 0 Å². The van der Waals surface area contributed by atoms with Crippen molar-refractivity contribution in [3.63, 3.8) is 0 Å². The van der Waals surface area contributed by atoms with Gasteiger partial charge in [-0.15, -0.1) is 11.3 Å². The smallest absolute Gasteiger partial charge is 0.338 e. The third-order valence-corrected chi connectivity index (χ3v) is 5.36. The van der Waals surface area contributed by atoms with Crippen LogP contribution in [0.25, 0.3) is 0 Å². The molecule has 0 aliphatic carbocycles. The molecular weight excluding hydrogens is 353 g/mol. The van der Waals surface area contributed by atoms with E-state index in [1.54, 1.807) is 23.2 Å². The van der Waals surface area contributed by atoms with E-state index in [1.807, 2.05) is 13.1 Å². The molecule has 1 aliphatic heterocycles. The number of amides is 1. The Morgan fingerprint density at radius 2 is 2.00 bits per heavy atom. The molecule has 0 unspecified atom stereocenters. The van der Waals surface area contributed by atoms with Crippen LogP contribution in [-0.4, -0.2) is 44.8 Å². The van der Waals surface area contributed by atoms with Gasteiger partial charge in [0.05, 0.1) is 16.3 Å². The van der Waals surface area contributed by atoms with Crippen molar-refractivity contribution in [3.8, 4) is 0 Å². The summed E-state index contributed by atoms with van der Waals surface area (Å²) in [5.41, 5.74) is 0.569. The van der Waals surface area contributed by atoms with Gasteiger partial charge in [-0.25, -0.2) is 4.98 Å². The summed E-state index contributed by atoms with van der Waals surface area (Å²) < 4.78 is 38.2. The molecule has 3 heterocycles. The molecule has 0 aromatic carbocycles. The molecular formula is C16H19F3N4OS. The number of piperidine rings is 1. The third kappa shape index (κ3) is 4.20. The van der Waals surface area contributed by atoms with Crippen molar-refractivity contribution >= 4 is 17.2 Å². The molecule has 25 heavy (non-hydrogen) atoms. The number of thiazole rings is 1. The minimum atomic E-state index is -4.36. The number of rotatable bonds is 3. The van der Waals surface area contributed by atoms with Crippen LogP contribution < -0.4 is 0 Å². The second-order valence-corrected chi connectivity index (χ2v) is 7.58. The first-order valence-corrected chi connectivity index (χ1v) is 8.87. The SMILES string of the molecule is Cc1cnc(C2CCN(C(=O)c3cn(CC(F)(F)F)nc3C)CC2)s1. The number of aryl methyl sites for hydroxylation is 2. The van der Waals surface area contributed by atoms with Gasteiger partial charge in [-0.3, -0.25) is 9.48 Å². The monoisotopic (exact) mass is 372 g/mol. The lowest BCUT2D eigenvalue weighted by atomic mass is 9.97. The van der Waals surface area contributed by atoms with Crippen LogP contribution in [0.2, 0.25) is 0 Å². The Kier molecular flexibility index (Phi) is 4.86. The van der Waals surface area contributed by atoms with Crippen LogP contribution in [0, 0.1) is 13.8 Å². The van der Waals surface area contributed by atoms with Crippen LogP contribution in [0.1, 0.15) is 44.7 Å². The number of hydrogen-bond donors (Lipinski definition) is 0. The van der Waals surface area contributed by atoms with Crippen molar-refractivity contribution in [2.75, 3.05) is 13.1 Å². The van der Waals surface area contributed by atoms with Gasteiger partial charge in [-0.2, -0.15) is 18.3 Å². The van der Waals surface area contributed by atoms with Gasteiger partial charge in [0, 0.05) is 36.3 Å². The fourth-order valence-corrected chi connectivity index (χ4v) is 4.00. The number of alkyl halides is 3. The first-order chi connectivity index (χ1) is 11.7. The lowest BCUT2D eigenvalue weighted by Gasteiger charge is -2.31. The number of aromatic nitrogens is 3. The minimum absolute atomic E-state index is 0.243. The predicted octanol–water partition coefficient (Wildman–Crippen LogP) is 3.54. The molecule has 2 aromatic heterocycles. The molecule has 1 fully saturated rings. The van der Waals surface area contributed by atoms with E-state index in [0.717, 1.165) is 22.5 Å². The Bertz CT molecular complexity index is 760. The Morgan fingerprint density at radius 1 is 1.32 bits per heavy atom. The standard InChI is InChI=1S/C16H19F3N4OS/c1-10-7-20-14(25-10)12-3-5-22(6-4-12)15(24)13-8-23(21-11(13)2)9-16(17,18)19/h7-8,12H,3-6,9H2,1-2H3. The van der Waals surface area contributed by atoms with E-state index in [1.165, 1.54) is 11.1 Å².